The zero-order chi connectivity index (χ0) is 15.6. The first kappa shape index (κ1) is 16.2. The van der Waals surface area contributed by atoms with Crippen LogP contribution >= 0.6 is 0 Å². The third-order valence-electron chi connectivity index (χ3n) is 3.65. The van der Waals surface area contributed by atoms with Crippen molar-refractivity contribution in [2.24, 2.45) is 0 Å². The summed E-state index contributed by atoms with van der Waals surface area (Å²) in [7, 11) is 0. The van der Waals surface area contributed by atoms with Crippen molar-refractivity contribution >= 4 is 0 Å². The Hall–Kier alpha value is -2.16. The molecule has 0 aliphatic heterocycles. The third kappa shape index (κ3) is 4.99. The monoisotopic (exact) mass is 293 g/mol. The fourth-order valence-corrected chi connectivity index (χ4v) is 2.59. The SMILES string of the molecule is C=CCN(CC=C)[NH+](Cc1ccccc1)Cc1ccccc1. The summed E-state index contributed by atoms with van der Waals surface area (Å²) in [6, 6.07) is 21.3. The zero-order valence-corrected chi connectivity index (χ0v) is 13.1. The van der Waals surface area contributed by atoms with Crippen LogP contribution < -0.4 is 5.01 Å². The molecular formula is C20H25N2+. The van der Waals surface area contributed by atoms with E-state index in [0.29, 0.717) is 0 Å². The highest BCUT2D eigenvalue weighted by atomic mass is 15.6. The van der Waals surface area contributed by atoms with E-state index in [9.17, 15) is 0 Å². The van der Waals surface area contributed by atoms with E-state index in [0.717, 1.165) is 26.2 Å². The smallest absolute Gasteiger partial charge is 0.121 e. The quantitative estimate of drug-likeness (QED) is 0.552. The van der Waals surface area contributed by atoms with Crippen LogP contribution in [0.3, 0.4) is 0 Å². The first-order valence-corrected chi connectivity index (χ1v) is 7.72. The van der Waals surface area contributed by atoms with E-state index < -0.39 is 0 Å². The van der Waals surface area contributed by atoms with Gasteiger partial charge in [0.2, 0.25) is 0 Å². The van der Waals surface area contributed by atoms with Gasteiger partial charge in [0.05, 0.1) is 13.1 Å². The van der Waals surface area contributed by atoms with Crippen molar-refractivity contribution in [2.75, 3.05) is 13.1 Å². The Morgan fingerprint density at radius 2 is 1.14 bits per heavy atom. The van der Waals surface area contributed by atoms with Crippen LogP contribution in [0.5, 0.6) is 0 Å². The van der Waals surface area contributed by atoms with Gasteiger partial charge in [0.25, 0.3) is 0 Å². The fraction of sp³-hybridized carbons (Fsp3) is 0.200. The summed E-state index contributed by atoms with van der Waals surface area (Å²) in [5.41, 5.74) is 2.68. The maximum absolute atomic E-state index is 3.89. The molecule has 0 unspecified atom stereocenters. The van der Waals surface area contributed by atoms with Crippen molar-refractivity contribution < 1.29 is 5.01 Å². The average Bonchev–Trinajstić information content (AvgIpc) is 2.56. The zero-order valence-electron chi connectivity index (χ0n) is 13.1. The van der Waals surface area contributed by atoms with E-state index in [4.69, 9.17) is 0 Å². The van der Waals surface area contributed by atoms with Gasteiger partial charge in [-0.1, -0.05) is 72.8 Å². The first-order chi connectivity index (χ1) is 10.8. The minimum Gasteiger partial charge on any atom is -0.247 e. The second-order valence-electron chi connectivity index (χ2n) is 5.37. The molecular weight excluding hydrogens is 268 g/mol. The number of benzene rings is 2. The Labute approximate surface area is 134 Å². The predicted octanol–water partition coefficient (Wildman–Crippen LogP) is 2.86. The standard InChI is InChI=1S/C20H24N2/c1-3-15-21(16-4-2)22(17-19-11-7-5-8-12-19)18-20-13-9-6-10-14-20/h3-14H,1-2,15-18H2/p+1. The second-order valence-corrected chi connectivity index (χ2v) is 5.37. The number of hydrogen-bond acceptors (Lipinski definition) is 1. The lowest BCUT2D eigenvalue weighted by Crippen LogP contribution is -3.16. The highest BCUT2D eigenvalue weighted by molar-refractivity contribution is 5.14. The molecule has 0 saturated heterocycles. The molecule has 0 aliphatic rings. The van der Waals surface area contributed by atoms with Crippen LogP contribution in [0.25, 0.3) is 0 Å². The van der Waals surface area contributed by atoms with E-state index in [2.05, 4.69) is 78.8 Å². The molecule has 0 aromatic heterocycles. The lowest BCUT2D eigenvalue weighted by atomic mass is 10.2. The molecule has 2 nitrogen and oxygen atoms in total. The highest BCUT2D eigenvalue weighted by Gasteiger charge is 2.18. The Balaban J connectivity index is 2.18. The van der Waals surface area contributed by atoms with Gasteiger partial charge in [-0.2, -0.15) is 0 Å². The summed E-state index contributed by atoms with van der Waals surface area (Å²) in [5.74, 6) is 0. The first-order valence-electron chi connectivity index (χ1n) is 7.72. The number of nitrogens with zero attached hydrogens (tertiary/aromatic N) is 1. The third-order valence-corrected chi connectivity index (χ3v) is 3.65. The van der Waals surface area contributed by atoms with Crippen LogP contribution in [0.4, 0.5) is 0 Å². The summed E-state index contributed by atoms with van der Waals surface area (Å²) in [4.78, 5) is 0. The molecule has 2 aromatic rings. The molecule has 0 atom stereocenters. The molecule has 1 N–H and O–H groups in total. The van der Waals surface area contributed by atoms with Gasteiger partial charge in [0, 0.05) is 11.1 Å². The van der Waals surface area contributed by atoms with Crippen molar-refractivity contribution in [3.05, 3.63) is 97.1 Å². The molecule has 0 fully saturated rings. The van der Waals surface area contributed by atoms with Gasteiger partial charge in [-0.15, -0.1) is 18.2 Å². The van der Waals surface area contributed by atoms with Crippen LogP contribution in [-0.2, 0) is 13.1 Å². The van der Waals surface area contributed by atoms with Gasteiger partial charge in [-0.05, 0) is 0 Å². The molecule has 0 spiro atoms. The van der Waals surface area contributed by atoms with E-state index in [1.807, 2.05) is 12.2 Å². The highest BCUT2D eigenvalue weighted by Crippen LogP contribution is 1.99. The van der Waals surface area contributed by atoms with Crippen LogP contribution in [0.15, 0.2) is 86.0 Å². The molecule has 22 heavy (non-hydrogen) atoms. The molecule has 0 amide bonds. The molecule has 2 aromatic carbocycles. The predicted molar refractivity (Wildman–Crippen MR) is 93.2 cm³/mol. The van der Waals surface area contributed by atoms with Gasteiger partial charge in [0.1, 0.15) is 13.1 Å². The molecule has 2 rings (SSSR count). The lowest BCUT2D eigenvalue weighted by molar-refractivity contribution is -1.04. The fourth-order valence-electron chi connectivity index (χ4n) is 2.59. The van der Waals surface area contributed by atoms with E-state index in [1.165, 1.54) is 16.1 Å². The van der Waals surface area contributed by atoms with Gasteiger partial charge in [0.15, 0.2) is 0 Å². The van der Waals surface area contributed by atoms with E-state index in [1.54, 1.807) is 0 Å². The minimum atomic E-state index is 0.848. The summed E-state index contributed by atoms with van der Waals surface area (Å²) in [5, 5.41) is 3.76. The molecule has 0 bridgehead atoms. The van der Waals surface area contributed by atoms with Crippen LogP contribution in [0.2, 0.25) is 0 Å². The van der Waals surface area contributed by atoms with Gasteiger partial charge < -0.3 is 0 Å². The summed E-state index contributed by atoms with van der Waals surface area (Å²) in [6.45, 7) is 11.4. The number of quaternary nitrogens is 1. The molecule has 0 saturated carbocycles. The lowest BCUT2D eigenvalue weighted by Gasteiger charge is -2.30. The largest absolute Gasteiger partial charge is 0.247 e. The van der Waals surface area contributed by atoms with Crippen LogP contribution in [0, 0.1) is 0 Å². The van der Waals surface area contributed by atoms with Crippen molar-refractivity contribution in [1.29, 1.82) is 0 Å². The van der Waals surface area contributed by atoms with E-state index >= 15 is 0 Å². The average molecular weight is 293 g/mol. The van der Waals surface area contributed by atoms with Crippen LogP contribution in [-0.4, -0.2) is 18.1 Å². The molecule has 0 heterocycles. The minimum absolute atomic E-state index is 0.848. The molecule has 114 valence electrons. The molecule has 0 radical (unpaired) electrons. The van der Waals surface area contributed by atoms with Gasteiger partial charge >= 0.3 is 0 Å². The van der Waals surface area contributed by atoms with Crippen molar-refractivity contribution in [1.82, 2.24) is 5.01 Å². The molecule has 0 aliphatic carbocycles. The number of nitrogens with one attached hydrogen (secondary N) is 1. The molecule has 2 heteroatoms. The number of rotatable bonds is 9. The normalized spacial score (nSPS) is 10.8. The Morgan fingerprint density at radius 3 is 1.50 bits per heavy atom. The Morgan fingerprint density at radius 1 is 0.727 bits per heavy atom. The maximum atomic E-state index is 3.89. The summed E-state index contributed by atoms with van der Waals surface area (Å²) >= 11 is 0. The summed E-state index contributed by atoms with van der Waals surface area (Å²) in [6.07, 6.45) is 3.92. The second kappa shape index (κ2) is 8.98. The van der Waals surface area contributed by atoms with Gasteiger partial charge in [-0.25, -0.2) is 5.01 Å². The van der Waals surface area contributed by atoms with Gasteiger partial charge in [-0.3, -0.25) is 0 Å². The van der Waals surface area contributed by atoms with Crippen molar-refractivity contribution in [3.63, 3.8) is 0 Å². The van der Waals surface area contributed by atoms with Crippen molar-refractivity contribution in [3.8, 4) is 0 Å². The van der Waals surface area contributed by atoms with E-state index in [-0.39, 0.29) is 0 Å². The van der Waals surface area contributed by atoms with Crippen LogP contribution in [0.1, 0.15) is 11.1 Å². The number of hydrogen-bond donors (Lipinski definition) is 1. The van der Waals surface area contributed by atoms with Crippen molar-refractivity contribution in [2.45, 2.75) is 13.1 Å². The Bertz CT molecular complexity index is 511. The summed E-state index contributed by atoms with van der Waals surface area (Å²) < 4.78 is 0. The topological polar surface area (TPSA) is 7.68 Å². The Kier molecular flexibility index (Phi) is 6.62. The maximum Gasteiger partial charge on any atom is 0.121 e.